The second-order valence-electron chi connectivity index (χ2n) is 3.83. The summed E-state index contributed by atoms with van der Waals surface area (Å²) in [6.45, 7) is 0. The second kappa shape index (κ2) is 3.74. The molecule has 0 bridgehead atoms. The molecule has 0 saturated heterocycles. The van der Waals surface area contributed by atoms with Gasteiger partial charge in [-0.2, -0.15) is 0 Å². The molecule has 72 valence electrons. The summed E-state index contributed by atoms with van der Waals surface area (Å²) in [7, 11) is 4.14. The molecule has 3 heteroatoms. The molecule has 0 aromatic rings. The number of amidine groups is 1. The SMILES string of the molecule is CN(C)C1=NC2=C(CCCC2)CS1. The summed E-state index contributed by atoms with van der Waals surface area (Å²) < 4.78 is 0. The molecule has 0 unspecified atom stereocenters. The Bertz CT molecular complexity index is 266. The van der Waals surface area contributed by atoms with E-state index in [2.05, 4.69) is 24.0 Å². The van der Waals surface area contributed by atoms with Gasteiger partial charge in [-0.25, -0.2) is 4.99 Å². The normalized spacial score (nSPS) is 22.5. The monoisotopic (exact) mass is 196 g/mol. The second-order valence-corrected chi connectivity index (χ2v) is 4.78. The molecule has 2 aliphatic rings. The first-order valence-corrected chi connectivity index (χ1v) is 5.85. The van der Waals surface area contributed by atoms with Gasteiger partial charge in [0.25, 0.3) is 0 Å². The first-order chi connectivity index (χ1) is 6.27. The molecule has 2 nitrogen and oxygen atoms in total. The van der Waals surface area contributed by atoms with Crippen molar-refractivity contribution in [1.82, 2.24) is 4.90 Å². The van der Waals surface area contributed by atoms with Crippen molar-refractivity contribution in [2.24, 2.45) is 4.99 Å². The van der Waals surface area contributed by atoms with Crippen LogP contribution < -0.4 is 0 Å². The maximum absolute atomic E-state index is 4.69. The standard InChI is InChI=1S/C10H16N2S/c1-12(2)10-11-9-6-4-3-5-8(9)7-13-10/h3-7H2,1-2H3. The molecule has 0 aromatic carbocycles. The van der Waals surface area contributed by atoms with E-state index in [0.29, 0.717) is 0 Å². The highest BCUT2D eigenvalue weighted by Gasteiger charge is 2.19. The van der Waals surface area contributed by atoms with Crippen molar-refractivity contribution in [1.29, 1.82) is 0 Å². The molecule has 2 rings (SSSR count). The van der Waals surface area contributed by atoms with Crippen LogP contribution in [0, 0.1) is 0 Å². The van der Waals surface area contributed by atoms with Crippen molar-refractivity contribution in [3.63, 3.8) is 0 Å². The van der Waals surface area contributed by atoms with Gasteiger partial charge in [-0.1, -0.05) is 11.8 Å². The molecule has 0 spiro atoms. The van der Waals surface area contributed by atoms with Crippen LogP contribution in [-0.4, -0.2) is 29.9 Å². The highest BCUT2D eigenvalue weighted by Crippen LogP contribution is 2.32. The van der Waals surface area contributed by atoms with Crippen LogP contribution >= 0.6 is 11.8 Å². The Labute approximate surface area is 84.1 Å². The van der Waals surface area contributed by atoms with Gasteiger partial charge >= 0.3 is 0 Å². The van der Waals surface area contributed by atoms with Crippen molar-refractivity contribution in [3.05, 3.63) is 11.3 Å². The molecule has 0 N–H and O–H groups in total. The Kier molecular flexibility index (Phi) is 2.63. The Hall–Kier alpha value is -0.440. The highest BCUT2D eigenvalue weighted by atomic mass is 32.2. The van der Waals surface area contributed by atoms with E-state index >= 15 is 0 Å². The third-order valence-corrected chi connectivity index (χ3v) is 3.75. The van der Waals surface area contributed by atoms with Crippen molar-refractivity contribution in [2.45, 2.75) is 25.7 Å². The zero-order valence-corrected chi connectivity index (χ0v) is 9.15. The number of aliphatic imine (C=N–C) groups is 1. The molecule has 0 fully saturated rings. The van der Waals surface area contributed by atoms with Crippen molar-refractivity contribution < 1.29 is 0 Å². The van der Waals surface area contributed by atoms with Gasteiger partial charge in [0.1, 0.15) is 0 Å². The van der Waals surface area contributed by atoms with Gasteiger partial charge in [0, 0.05) is 25.5 Å². The van der Waals surface area contributed by atoms with Crippen LogP contribution in [-0.2, 0) is 0 Å². The topological polar surface area (TPSA) is 15.6 Å². The lowest BCUT2D eigenvalue weighted by molar-refractivity contribution is 0.623. The molecule has 0 amide bonds. The molecule has 13 heavy (non-hydrogen) atoms. The quantitative estimate of drug-likeness (QED) is 0.591. The van der Waals surface area contributed by atoms with E-state index in [1.54, 1.807) is 5.57 Å². The maximum atomic E-state index is 4.69. The number of hydrogen-bond acceptors (Lipinski definition) is 3. The molecule has 1 heterocycles. The molecule has 0 atom stereocenters. The molecular formula is C10H16N2S. The van der Waals surface area contributed by atoms with Crippen LogP contribution in [0.25, 0.3) is 0 Å². The lowest BCUT2D eigenvalue weighted by atomic mass is 9.98. The van der Waals surface area contributed by atoms with E-state index in [9.17, 15) is 0 Å². The fourth-order valence-corrected chi connectivity index (χ4v) is 2.82. The van der Waals surface area contributed by atoms with Gasteiger partial charge in [-0.3, -0.25) is 0 Å². The van der Waals surface area contributed by atoms with E-state index in [0.717, 1.165) is 0 Å². The number of thioether (sulfide) groups is 1. The van der Waals surface area contributed by atoms with Gasteiger partial charge < -0.3 is 4.90 Å². The Morgan fingerprint density at radius 3 is 2.77 bits per heavy atom. The van der Waals surface area contributed by atoms with Crippen LogP contribution in [0.5, 0.6) is 0 Å². The third-order valence-electron chi connectivity index (χ3n) is 2.54. The first-order valence-electron chi connectivity index (χ1n) is 4.87. The van der Waals surface area contributed by atoms with Crippen LogP contribution in [0.1, 0.15) is 25.7 Å². The fraction of sp³-hybridized carbons (Fsp3) is 0.700. The van der Waals surface area contributed by atoms with Crippen LogP contribution in [0.3, 0.4) is 0 Å². The molecule has 0 aromatic heterocycles. The van der Waals surface area contributed by atoms with Gasteiger partial charge in [-0.05, 0) is 31.3 Å². The lowest BCUT2D eigenvalue weighted by Gasteiger charge is -2.25. The molecule has 0 radical (unpaired) electrons. The Morgan fingerprint density at radius 2 is 2.00 bits per heavy atom. The first kappa shape index (κ1) is 9.13. The molecule has 1 aliphatic heterocycles. The summed E-state index contributed by atoms with van der Waals surface area (Å²) in [4.78, 5) is 6.80. The highest BCUT2D eigenvalue weighted by molar-refractivity contribution is 8.14. The maximum Gasteiger partial charge on any atom is 0.163 e. The summed E-state index contributed by atoms with van der Waals surface area (Å²) >= 11 is 1.88. The molecule has 0 saturated carbocycles. The van der Waals surface area contributed by atoms with Crippen LogP contribution in [0.15, 0.2) is 16.3 Å². The average Bonchev–Trinajstić information content (AvgIpc) is 2.17. The van der Waals surface area contributed by atoms with Crippen molar-refractivity contribution >= 4 is 16.9 Å². The van der Waals surface area contributed by atoms with Crippen LogP contribution in [0.2, 0.25) is 0 Å². The minimum Gasteiger partial charge on any atom is -0.357 e. The Morgan fingerprint density at radius 1 is 1.23 bits per heavy atom. The summed E-state index contributed by atoms with van der Waals surface area (Å²) in [5, 5.41) is 1.18. The van der Waals surface area contributed by atoms with Crippen molar-refractivity contribution in [2.75, 3.05) is 19.8 Å². The number of allylic oxidation sites excluding steroid dienone is 1. The van der Waals surface area contributed by atoms with Gasteiger partial charge in [0.15, 0.2) is 5.17 Å². The molecular weight excluding hydrogens is 180 g/mol. The van der Waals surface area contributed by atoms with E-state index in [-0.39, 0.29) is 0 Å². The predicted molar refractivity (Wildman–Crippen MR) is 59.1 cm³/mol. The Balaban J connectivity index is 2.20. The largest absolute Gasteiger partial charge is 0.357 e. The van der Waals surface area contributed by atoms with E-state index < -0.39 is 0 Å². The predicted octanol–water partition coefficient (Wildman–Crippen LogP) is 2.48. The third kappa shape index (κ3) is 1.90. The number of hydrogen-bond donors (Lipinski definition) is 0. The van der Waals surface area contributed by atoms with E-state index in [1.807, 2.05) is 11.8 Å². The van der Waals surface area contributed by atoms with Gasteiger partial charge in [0.2, 0.25) is 0 Å². The van der Waals surface area contributed by atoms with E-state index in [4.69, 9.17) is 0 Å². The van der Waals surface area contributed by atoms with Crippen molar-refractivity contribution in [3.8, 4) is 0 Å². The summed E-state index contributed by atoms with van der Waals surface area (Å²) in [6.07, 6.45) is 5.18. The summed E-state index contributed by atoms with van der Waals surface area (Å²) in [6, 6.07) is 0. The zero-order chi connectivity index (χ0) is 9.26. The van der Waals surface area contributed by atoms with Gasteiger partial charge in [0.05, 0.1) is 0 Å². The lowest BCUT2D eigenvalue weighted by Crippen LogP contribution is -2.22. The zero-order valence-electron chi connectivity index (χ0n) is 8.34. The minimum atomic E-state index is 1.17. The average molecular weight is 196 g/mol. The van der Waals surface area contributed by atoms with Gasteiger partial charge in [-0.15, -0.1) is 0 Å². The fourth-order valence-electron chi connectivity index (χ4n) is 1.77. The number of nitrogens with zero attached hydrogens (tertiary/aromatic N) is 2. The van der Waals surface area contributed by atoms with Crippen LogP contribution in [0.4, 0.5) is 0 Å². The summed E-state index contributed by atoms with van der Waals surface area (Å²) in [5.74, 6) is 1.17. The minimum absolute atomic E-state index is 1.17. The number of rotatable bonds is 0. The molecule has 1 aliphatic carbocycles. The smallest absolute Gasteiger partial charge is 0.163 e. The summed E-state index contributed by atoms with van der Waals surface area (Å²) in [5.41, 5.74) is 2.98. The van der Waals surface area contributed by atoms with E-state index in [1.165, 1.54) is 42.3 Å².